The van der Waals surface area contributed by atoms with E-state index in [4.69, 9.17) is 11.6 Å². The number of benzene rings is 3. The van der Waals surface area contributed by atoms with Crippen LogP contribution in [0.3, 0.4) is 0 Å². The van der Waals surface area contributed by atoms with Crippen LogP contribution in [0.1, 0.15) is 11.3 Å². The Kier molecular flexibility index (Phi) is 5.77. The molecule has 0 spiro atoms. The van der Waals surface area contributed by atoms with Gasteiger partial charge in [0.15, 0.2) is 10.7 Å². The molecule has 4 nitrogen and oxygen atoms in total. The van der Waals surface area contributed by atoms with Crippen molar-refractivity contribution in [1.82, 2.24) is 4.57 Å². The summed E-state index contributed by atoms with van der Waals surface area (Å²) in [4.78, 5) is 0.284. The van der Waals surface area contributed by atoms with Crippen LogP contribution in [0.15, 0.2) is 83.8 Å². The fourth-order valence-corrected chi connectivity index (χ4v) is 4.10. The van der Waals surface area contributed by atoms with Crippen LogP contribution >= 0.6 is 11.6 Å². The molecule has 30 heavy (non-hydrogen) atoms. The third kappa shape index (κ3) is 3.92. The molecular formula is C24H20ClNO3S. The molecule has 0 saturated heterocycles. The Labute approximate surface area is 182 Å². The third-order valence-electron chi connectivity index (χ3n) is 5.15. The Bertz CT molecular complexity index is 1250. The summed E-state index contributed by atoms with van der Waals surface area (Å²) in [5, 5.41) is 9.99. The van der Waals surface area contributed by atoms with E-state index in [0.717, 1.165) is 39.3 Å². The lowest BCUT2D eigenvalue weighted by Gasteiger charge is -2.13. The molecule has 0 unspecified atom stereocenters. The minimum atomic E-state index is -2.62. The molecule has 0 saturated carbocycles. The molecule has 0 aliphatic rings. The van der Waals surface area contributed by atoms with Crippen LogP contribution in [-0.4, -0.2) is 18.1 Å². The van der Waals surface area contributed by atoms with Gasteiger partial charge in [-0.25, -0.2) is 8.42 Å². The van der Waals surface area contributed by atoms with Crippen molar-refractivity contribution in [3.63, 3.8) is 0 Å². The molecule has 0 aliphatic heterocycles. The molecule has 4 aromatic rings. The van der Waals surface area contributed by atoms with Crippen LogP contribution in [0.4, 0.5) is 0 Å². The molecule has 1 aromatic heterocycles. The number of hydrogen-bond acceptors (Lipinski definition) is 3. The number of rotatable bonds is 5. The van der Waals surface area contributed by atoms with E-state index in [1.54, 1.807) is 12.1 Å². The van der Waals surface area contributed by atoms with Gasteiger partial charge in [-0.05, 0) is 66.1 Å². The standard InChI is InChI=1S/C24H20ClNO3S/c1-16-23(18-4-2-17(15-27)3-5-18)14-24(19-6-8-20(25)9-7-19)26(16)21-10-12-22(13-11-21)30(28)29/h2-14,27,30H,15H2,1H3. The first kappa shape index (κ1) is 20.4. The lowest BCUT2D eigenvalue weighted by molar-refractivity contribution is 0.282. The summed E-state index contributed by atoms with van der Waals surface area (Å²) in [6.45, 7) is 2.04. The monoisotopic (exact) mass is 437 g/mol. The largest absolute Gasteiger partial charge is 0.392 e. The Balaban J connectivity index is 1.91. The van der Waals surface area contributed by atoms with Gasteiger partial charge in [0.25, 0.3) is 0 Å². The maximum atomic E-state index is 11.3. The van der Waals surface area contributed by atoms with Crippen molar-refractivity contribution in [3.05, 3.63) is 95.1 Å². The van der Waals surface area contributed by atoms with E-state index in [2.05, 4.69) is 10.6 Å². The van der Waals surface area contributed by atoms with Crippen molar-refractivity contribution in [2.75, 3.05) is 0 Å². The SMILES string of the molecule is Cc1c(-c2ccc(CO)cc2)cc(-c2ccc(Cl)cc2)n1-c1ccc([SH](=O)=O)cc1. The Morgan fingerprint density at radius 1 is 0.867 bits per heavy atom. The molecule has 4 rings (SSSR count). The highest BCUT2D eigenvalue weighted by Gasteiger charge is 2.16. The van der Waals surface area contributed by atoms with Crippen LogP contribution in [0.25, 0.3) is 28.1 Å². The normalized spacial score (nSPS) is 11.2. The van der Waals surface area contributed by atoms with Crippen molar-refractivity contribution in [1.29, 1.82) is 0 Å². The number of hydrogen-bond donors (Lipinski definition) is 2. The van der Waals surface area contributed by atoms with Crippen LogP contribution < -0.4 is 0 Å². The molecule has 0 bridgehead atoms. The van der Waals surface area contributed by atoms with E-state index in [1.165, 1.54) is 0 Å². The van der Waals surface area contributed by atoms with Gasteiger partial charge in [0.1, 0.15) is 0 Å². The summed E-state index contributed by atoms with van der Waals surface area (Å²) in [7, 11) is -2.62. The van der Waals surface area contributed by atoms with Gasteiger partial charge in [0, 0.05) is 22.0 Å². The number of aliphatic hydroxyl groups is 1. The van der Waals surface area contributed by atoms with Gasteiger partial charge >= 0.3 is 0 Å². The highest BCUT2D eigenvalue weighted by molar-refractivity contribution is 7.72. The minimum absolute atomic E-state index is 0.00458. The maximum absolute atomic E-state index is 11.3. The molecule has 3 aromatic carbocycles. The van der Waals surface area contributed by atoms with Gasteiger partial charge in [-0.2, -0.15) is 0 Å². The predicted octanol–water partition coefficient (Wildman–Crippen LogP) is 5.24. The molecule has 0 radical (unpaired) electrons. The van der Waals surface area contributed by atoms with Crippen LogP contribution in [0.2, 0.25) is 5.02 Å². The highest BCUT2D eigenvalue weighted by Crippen LogP contribution is 2.35. The summed E-state index contributed by atoms with van der Waals surface area (Å²) in [6, 6.07) is 24.4. The van der Waals surface area contributed by atoms with E-state index in [0.29, 0.717) is 5.02 Å². The highest BCUT2D eigenvalue weighted by atomic mass is 35.5. The van der Waals surface area contributed by atoms with E-state index in [9.17, 15) is 13.5 Å². The van der Waals surface area contributed by atoms with Gasteiger partial charge in [0.2, 0.25) is 0 Å². The average molecular weight is 438 g/mol. The van der Waals surface area contributed by atoms with E-state index in [1.807, 2.05) is 67.6 Å². The number of halogens is 1. The third-order valence-corrected chi connectivity index (χ3v) is 6.13. The van der Waals surface area contributed by atoms with E-state index in [-0.39, 0.29) is 11.5 Å². The van der Waals surface area contributed by atoms with Gasteiger partial charge < -0.3 is 9.67 Å². The molecule has 1 N–H and O–H groups in total. The fourth-order valence-electron chi connectivity index (χ4n) is 3.58. The Hall–Kier alpha value is -2.86. The summed E-state index contributed by atoms with van der Waals surface area (Å²) >= 11 is 6.08. The zero-order valence-corrected chi connectivity index (χ0v) is 17.9. The summed E-state index contributed by atoms with van der Waals surface area (Å²) in [5.74, 6) is 0. The number of nitrogens with zero attached hydrogens (tertiary/aromatic N) is 1. The molecule has 1 heterocycles. The number of aliphatic hydroxyl groups excluding tert-OH is 1. The summed E-state index contributed by atoms with van der Waals surface area (Å²) in [6.07, 6.45) is 0. The molecule has 152 valence electrons. The molecule has 6 heteroatoms. The second kappa shape index (κ2) is 8.48. The maximum Gasteiger partial charge on any atom is 0.168 e. The Morgan fingerprint density at radius 2 is 1.47 bits per heavy atom. The van der Waals surface area contributed by atoms with Gasteiger partial charge in [-0.3, -0.25) is 0 Å². The van der Waals surface area contributed by atoms with Crippen molar-refractivity contribution >= 4 is 22.3 Å². The fraction of sp³-hybridized carbons (Fsp3) is 0.0833. The van der Waals surface area contributed by atoms with E-state index >= 15 is 0 Å². The van der Waals surface area contributed by atoms with Crippen LogP contribution in [-0.2, 0) is 17.3 Å². The first-order valence-electron chi connectivity index (χ1n) is 9.41. The second-order valence-corrected chi connectivity index (χ2v) is 8.47. The smallest absolute Gasteiger partial charge is 0.168 e. The lowest BCUT2D eigenvalue weighted by Crippen LogP contribution is -1.99. The van der Waals surface area contributed by atoms with Crippen molar-refractivity contribution < 1.29 is 13.5 Å². The Morgan fingerprint density at radius 3 is 2.03 bits per heavy atom. The molecule has 0 amide bonds. The predicted molar refractivity (Wildman–Crippen MR) is 121 cm³/mol. The van der Waals surface area contributed by atoms with Gasteiger partial charge in [0.05, 0.1) is 17.2 Å². The molecule has 0 aliphatic carbocycles. The molecule has 0 atom stereocenters. The van der Waals surface area contributed by atoms with Gasteiger partial charge in [-0.15, -0.1) is 0 Å². The minimum Gasteiger partial charge on any atom is -0.392 e. The summed E-state index contributed by atoms with van der Waals surface area (Å²) in [5.41, 5.74) is 6.83. The van der Waals surface area contributed by atoms with Crippen molar-refractivity contribution in [2.24, 2.45) is 0 Å². The van der Waals surface area contributed by atoms with E-state index < -0.39 is 10.7 Å². The number of aromatic nitrogens is 1. The molecular weight excluding hydrogens is 418 g/mol. The first-order chi connectivity index (χ1) is 14.5. The lowest BCUT2D eigenvalue weighted by atomic mass is 10.0. The number of thiol groups is 1. The quantitative estimate of drug-likeness (QED) is 0.420. The van der Waals surface area contributed by atoms with Gasteiger partial charge in [-0.1, -0.05) is 48.0 Å². The van der Waals surface area contributed by atoms with Crippen molar-refractivity contribution in [3.8, 4) is 28.1 Å². The first-order valence-corrected chi connectivity index (χ1v) is 11.0. The van der Waals surface area contributed by atoms with Crippen LogP contribution in [0.5, 0.6) is 0 Å². The van der Waals surface area contributed by atoms with Crippen LogP contribution in [0, 0.1) is 6.92 Å². The second-order valence-electron chi connectivity index (χ2n) is 7.00. The zero-order chi connectivity index (χ0) is 21.3. The topological polar surface area (TPSA) is 59.3 Å². The average Bonchev–Trinajstić information content (AvgIpc) is 3.11. The summed E-state index contributed by atoms with van der Waals surface area (Å²) < 4.78 is 24.7. The van der Waals surface area contributed by atoms with Crippen molar-refractivity contribution in [2.45, 2.75) is 18.4 Å². The molecule has 0 fully saturated rings. The zero-order valence-electron chi connectivity index (χ0n) is 16.2.